The Bertz CT molecular complexity index is 2010. The van der Waals surface area contributed by atoms with E-state index in [1.54, 1.807) is 0 Å². The molecule has 0 bridgehead atoms. The molecule has 7 nitrogen and oxygen atoms in total. The molecule has 0 aliphatic heterocycles. The third-order valence-electron chi connectivity index (χ3n) is 9.86. The average Bonchev–Trinajstić information content (AvgIpc) is 3.13. The van der Waals surface area contributed by atoms with Gasteiger partial charge in [0.05, 0.1) is 39.6 Å². The lowest BCUT2D eigenvalue weighted by molar-refractivity contribution is 0.0971. The number of phenols is 2. The van der Waals surface area contributed by atoms with Gasteiger partial charge in [0.25, 0.3) is 0 Å². The minimum atomic E-state index is -0.703. The molecule has 52 heavy (non-hydrogen) atoms. The van der Waals surface area contributed by atoms with Crippen LogP contribution in [0.1, 0.15) is 127 Å². The summed E-state index contributed by atoms with van der Waals surface area (Å²) in [6.07, 6.45) is 8.64. The molecule has 0 amide bonds. The number of anilines is 4. The van der Waals surface area contributed by atoms with E-state index in [0.717, 1.165) is 65.7 Å². The Morgan fingerprint density at radius 1 is 0.558 bits per heavy atom. The first-order valence-electron chi connectivity index (χ1n) is 18.3. The molecule has 276 valence electrons. The summed E-state index contributed by atoms with van der Waals surface area (Å²) in [5.41, 5.74) is 4.98. The van der Waals surface area contributed by atoms with E-state index in [1.165, 1.54) is 12.1 Å². The number of carbonyl (C=O) groups excluding carboxylic acids is 2. The van der Waals surface area contributed by atoms with E-state index in [-0.39, 0.29) is 39.6 Å². The number of carbonyl (C=O) groups is 2. The Kier molecular flexibility index (Phi) is 13.1. The first-order chi connectivity index (χ1) is 25.0. The number of aromatic hydroxyl groups is 2. The van der Waals surface area contributed by atoms with Gasteiger partial charge in [-0.1, -0.05) is 114 Å². The number of ketones is 2. The number of hydrogen-bond acceptors (Lipinski definition) is 7. The molecule has 0 atom stereocenters. The number of hydrogen-bond donors (Lipinski definition) is 4. The fourth-order valence-corrected chi connectivity index (χ4v) is 7.94. The molecule has 4 aromatic rings. The van der Waals surface area contributed by atoms with Crippen molar-refractivity contribution < 1.29 is 24.5 Å². The van der Waals surface area contributed by atoms with Crippen LogP contribution >= 0.6 is 34.8 Å². The highest BCUT2D eigenvalue weighted by Gasteiger charge is 2.41. The lowest BCUT2D eigenvalue weighted by Gasteiger charge is -2.29. The fourth-order valence-electron chi connectivity index (χ4n) is 7.04. The summed E-state index contributed by atoms with van der Waals surface area (Å²) >= 11 is 20.9. The average molecular weight is 766 g/mol. The molecular formula is C42H47Cl3N2O5. The van der Waals surface area contributed by atoms with E-state index in [4.69, 9.17) is 39.5 Å². The van der Waals surface area contributed by atoms with Gasteiger partial charge in [-0.3, -0.25) is 9.59 Å². The molecule has 4 N–H and O–H groups in total. The predicted octanol–water partition coefficient (Wildman–Crippen LogP) is 12.3. The van der Waals surface area contributed by atoms with E-state index in [9.17, 15) is 19.8 Å². The molecule has 0 fully saturated rings. The van der Waals surface area contributed by atoms with Gasteiger partial charge in [0.1, 0.15) is 17.2 Å². The Morgan fingerprint density at radius 2 is 1.04 bits per heavy atom. The first kappa shape index (κ1) is 39.3. The smallest absolute Gasteiger partial charge is 0.202 e. The van der Waals surface area contributed by atoms with Gasteiger partial charge in [-0.15, -0.1) is 0 Å². The van der Waals surface area contributed by atoms with E-state index < -0.39 is 23.1 Å². The van der Waals surface area contributed by atoms with Crippen molar-refractivity contribution in [1.82, 2.24) is 0 Å². The summed E-state index contributed by atoms with van der Waals surface area (Å²) in [5.74, 6) is -2.14. The molecule has 0 heterocycles. The Hall–Kier alpha value is -3.91. The van der Waals surface area contributed by atoms with Crippen LogP contribution < -0.4 is 15.4 Å². The predicted molar refractivity (Wildman–Crippen MR) is 214 cm³/mol. The normalized spacial score (nSPS) is 12.2. The van der Waals surface area contributed by atoms with Crippen molar-refractivity contribution in [2.45, 2.75) is 98.8 Å². The van der Waals surface area contributed by atoms with Crippen LogP contribution in [-0.4, -0.2) is 28.4 Å². The number of ether oxygens (including phenoxy) is 1. The second kappa shape index (κ2) is 17.3. The Morgan fingerprint density at radius 3 is 1.54 bits per heavy atom. The van der Waals surface area contributed by atoms with Gasteiger partial charge in [0.15, 0.2) is 11.5 Å². The molecule has 0 aromatic heterocycles. The maximum Gasteiger partial charge on any atom is 0.202 e. The quantitative estimate of drug-likeness (QED) is 0.0585. The molecule has 0 radical (unpaired) electrons. The number of halogens is 3. The van der Waals surface area contributed by atoms with Crippen LogP contribution in [0.5, 0.6) is 17.2 Å². The summed E-state index contributed by atoms with van der Waals surface area (Å²) < 4.78 is 6.63. The lowest BCUT2D eigenvalue weighted by Crippen LogP contribution is -2.24. The molecule has 1 aliphatic carbocycles. The zero-order chi connectivity index (χ0) is 37.7. The van der Waals surface area contributed by atoms with Crippen molar-refractivity contribution >= 4 is 69.1 Å². The van der Waals surface area contributed by atoms with E-state index >= 15 is 0 Å². The highest BCUT2D eigenvalue weighted by molar-refractivity contribution is 6.43. The zero-order valence-electron chi connectivity index (χ0n) is 30.5. The molecule has 5 rings (SSSR count). The Labute approximate surface area is 321 Å². The lowest BCUT2D eigenvalue weighted by atomic mass is 9.81. The maximum atomic E-state index is 14.6. The van der Waals surface area contributed by atoms with E-state index in [0.29, 0.717) is 53.5 Å². The molecule has 0 unspecified atom stereocenters. The fraction of sp³-hybridized carbons (Fsp3) is 0.381. The third-order valence-corrected chi connectivity index (χ3v) is 10.9. The SMILES string of the molecule is CCCCCCCCOc1c(Nc2c(CC)ccc(Cl)c2CC)c(Nc2c(CC)ccc(Cl)c2CC)c(Cl)c2c1C(=O)c1c(O)ccc(O)c1C2=O. The molecule has 4 aromatic carbocycles. The number of nitrogens with one attached hydrogen (secondary N) is 2. The summed E-state index contributed by atoms with van der Waals surface area (Å²) in [6.45, 7) is 10.5. The Balaban J connectivity index is 1.85. The van der Waals surface area contributed by atoms with Crippen molar-refractivity contribution in [1.29, 1.82) is 0 Å². The number of unbranched alkanes of at least 4 members (excludes halogenated alkanes) is 5. The van der Waals surface area contributed by atoms with Crippen LogP contribution in [0.15, 0.2) is 36.4 Å². The maximum absolute atomic E-state index is 14.6. The van der Waals surface area contributed by atoms with Gasteiger partial charge >= 0.3 is 0 Å². The molecule has 0 saturated carbocycles. The van der Waals surface area contributed by atoms with Gasteiger partial charge < -0.3 is 25.6 Å². The first-order valence-corrected chi connectivity index (χ1v) is 19.5. The van der Waals surface area contributed by atoms with Gasteiger partial charge in [0, 0.05) is 21.4 Å². The van der Waals surface area contributed by atoms with Crippen LogP contribution in [0, 0.1) is 0 Å². The van der Waals surface area contributed by atoms with Crippen LogP contribution in [0.3, 0.4) is 0 Å². The van der Waals surface area contributed by atoms with Gasteiger partial charge in [-0.05, 0) is 78.6 Å². The summed E-state index contributed by atoms with van der Waals surface area (Å²) in [4.78, 5) is 29.0. The van der Waals surface area contributed by atoms with E-state index in [2.05, 4.69) is 17.6 Å². The summed E-state index contributed by atoms with van der Waals surface area (Å²) in [7, 11) is 0. The van der Waals surface area contributed by atoms with Crippen LogP contribution in [0.4, 0.5) is 22.7 Å². The van der Waals surface area contributed by atoms with Gasteiger partial charge in [-0.25, -0.2) is 0 Å². The van der Waals surface area contributed by atoms with Crippen molar-refractivity contribution in [3.8, 4) is 17.2 Å². The molecule has 1 aliphatic rings. The highest BCUT2D eigenvalue weighted by atomic mass is 35.5. The standard InChI is InChI=1S/C42H47Cl3N2O5/c1-6-11-12-13-14-15-22-52-42-34-33(40(50)31-29(48)20-21-30(49)32(31)41(34)51)35(45)38(46-36-23(7-2)16-18-27(43)25(36)9-4)39(42)47-37-24(8-3)17-19-28(44)26(37)10-5/h16-21,46-49H,6-15,22H2,1-5H3. The number of fused-ring (bicyclic) bond motifs is 2. The largest absolute Gasteiger partial charge is 0.507 e. The summed E-state index contributed by atoms with van der Waals surface area (Å²) in [6, 6.07) is 10.0. The second-order valence-electron chi connectivity index (χ2n) is 13.1. The van der Waals surface area contributed by atoms with Gasteiger partial charge in [-0.2, -0.15) is 0 Å². The van der Waals surface area contributed by atoms with Crippen LogP contribution in [-0.2, 0) is 25.7 Å². The molecule has 10 heteroatoms. The van der Waals surface area contributed by atoms with Crippen LogP contribution in [0.25, 0.3) is 0 Å². The van der Waals surface area contributed by atoms with E-state index in [1.807, 2.05) is 52.0 Å². The second-order valence-corrected chi connectivity index (χ2v) is 14.2. The summed E-state index contributed by atoms with van der Waals surface area (Å²) in [5, 5.41) is 30.1. The van der Waals surface area contributed by atoms with Crippen molar-refractivity contribution in [3.63, 3.8) is 0 Å². The molecular weight excluding hydrogens is 719 g/mol. The zero-order valence-corrected chi connectivity index (χ0v) is 32.8. The minimum absolute atomic E-state index is 0.0432. The minimum Gasteiger partial charge on any atom is -0.507 e. The van der Waals surface area contributed by atoms with Crippen molar-refractivity contribution in [2.75, 3.05) is 17.2 Å². The van der Waals surface area contributed by atoms with Crippen molar-refractivity contribution in [3.05, 3.63) is 96.0 Å². The monoisotopic (exact) mass is 764 g/mol. The molecule has 0 saturated heterocycles. The topological polar surface area (TPSA) is 108 Å². The third kappa shape index (κ3) is 7.46. The number of aryl methyl sites for hydroxylation is 2. The molecule has 0 spiro atoms. The number of rotatable bonds is 16. The van der Waals surface area contributed by atoms with Crippen LogP contribution in [0.2, 0.25) is 15.1 Å². The highest BCUT2D eigenvalue weighted by Crippen LogP contribution is 2.53. The number of benzene rings is 4. The van der Waals surface area contributed by atoms with Gasteiger partial charge in [0.2, 0.25) is 5.78 Å². The van der Waals surface area contributed by atoms with Crippen molar-refractivity contribution in [2.24, 2.45) is 0 Å². The number of phenolic OH excluding ortho intramolecular Hbond substituents is 2.